The minimum Gasteiger partial charge on any atom is -0.377 e. The number of unbranched alkanes of at least 4 members (excludes halogenated alkanes) is 1. The number of nitrogens with one attached hydrogen (secondary N) is 2. The van der Waals surface area contributed by atoms with Crippen LogP contribution >= 0.6 is 35.7 Å². The monoisotopic (exact) mass is 486 g/mol. The smallest absolute Gasteiger partial charge is 0.191 e. The Hall–Kier alpha value is 0.270. The first-order valence-corrected chi connectivity index (χ1v) is 10.9. The van der Waals surface area contributed by atoms with Crippen LogP contribution in [0.3, 0.4) is 0 Å². The first-order chi connectivity index (χ1) is 11.7. The van der Waals surface area contributed by atoms with Gasteiger partial charge in [0.25, 0.3) is 0 Å². The van der Waals surface area contributed by atoms with Gasteiger partial charge in [0.2, 0.25) is 0 Å². The second-order valence-electron chi connectivity index (χ2n) is 6.64. The van der Waals surface area contributed by atoms with Gasteiger partial charge < -0.3 is 20.3 Å². The van der Waals surface area contributed by atoms with Gasteiger partial charge in [0.05, 0.1) is 12.7 Å². The third kappa shape index (κ3) is 13.1. The molecule has 1 heterocycles. The number of halogens is 1. The summed E-state index contributed by atoms with van der Waals surface area (Å²) in [5.74, 6) is 2.22. The second kappa shape index (κ2) is 16.4. The molecule has 0 amide bonds. The summed E-state index contributed by atoms with van der Waals surface area (Å²) in [6.45, 7) is 12.3. The van der Waals surface area contributed by atoms with Gasteiger partial charge in [0, 0.05) is 38.8 Å². The zero-order chi connectivity index (χ0) is 17.6. The van der Waals surface area contributed by atoms with Crippen LogP contribution in [-0.4, -0.2) is 74.3 Å². The Morgan fingerprint density at radius 1 is 1.28 bits per heavy atom. The molecule has 0 radical (unpaired) electrons. The molecule has 1 aliphatic heterocycles. The van der Waals surface area contributed by atoms with Crippen molar-refractivity contribution in [2.24, 2.45) is 4.99 Å². The molecule has 1 saturated heterocycles. The van der Waals surface area contributed by atoms with E-state index in [1.165, 1.54) is 31.4 Å². The summed E-state index contributed by atoms with van der Waals surface area (Å²) in [5.41, 5.74) is 0. The van der Waals surface area contributed by atoms with E-state index in [-0.39, 0.29) is 24.0 Å². The highest BCUT2D eigenvalue weighted by atomic mass is 127. The van der Waals surface area contributed by atoms with Gasteiger partial charge in [0.1, 0.15) is 0 Å². The highest BCUT2D eigenvalue weighted by Gasteiger charge is 2.19. The molecule has 0 atom stereocenters. The van der Waals surface area contributed by atoms with Crippen LogP contribution in [0.25, 0.3) is 0 Å². The number of thioether (sulfide) groups is 1. The Morgan fingerprint density at radius 2 is 2.00 bits per heavy atom. The third-order valence-electron chi connectivity index (χ3n) is 4.16. The number of aliphatic imine (C=N–C) groups is 1. The summed E-state index contributed by atoms with van der Waals surface area (Å²) >= 11 is 1.91. The van der Waals surface area contributed by atoms with E-state index in [0.29, 0.717) is 12.1 Å². The molecule has 5 nitrogen and oxygen atoms in total. The van der Waals surface area contributed by atoms with Crippen molar-refractivity contribution in [2.45, 2.75) is 58.6 Å². The molecule has 2 N–H and O–H groups in total. The lowest BCUT2D eigenvalue weighted by molar-refractivity contribution is 0.0532. The Morgan fingerprint density at radius 3 is 2.60 bits per heavy atom. The number of ether oxygens (including phenoxy) is 1. The van der Waals surface area contributed by atoms with E-state index in [1.807, 2.05) is 11.8 Å². The Bertz CT molecular complexity index is 337. The Kier molecular flexibility index (Phi) is 16.6. The maximum absolute atomic E-state index is 5.65. The van der Waals surface area contributed by atoms with Crippen molar-refractivity contribution < 1.29 is 4.74 Å². The Labute approximate surface area is 176 Å². The molecule has 0 aromatic carbocycles. The lowest BCUT2D eigenvalue weighted by Gasteiger charge is -2.33. The van der Waals surface area contributed by atoms with Crippen LogP contribution in [0.4, 0.5) is 0 Å². The van der Waals surface area contributed by atoms with Gasteiger partial charge in [-0.1, -0.05) is 0 Å². The summed E-state index contributed by atoms with van der Waals surface area (Å²) in [5, 5.41) is 7.00. The lowest BCUT2D eigenvalue weighted by Crippen LogP contribution is -2.49. The predicted molar refractivity (Wildman–Crippen MR) is 123 cm³/mol. The summed E-state index contributed by atoms with van der Waals surface area (Å²) in [6, 6.07) is 0.538. The number of likely N-dealkylation sites (tertiary alicyclic amines) is 1. The van der Waals surface area contributed by atoms with Crippen molar-refractivity contribution in [2.75, 3.05) is 51.3 Å². The van der Waals surface area contributed by atoms with E-state index >= 15 is 0 Å². The number of nitrogens with zero attached hydrogens (tertiary/aromatic N) is 2. The molecule has 0 aromatic rings. The van der Waals surface area contributed by atoms with Gasteiger partial charge in [-0.25, -0.2) is 0 Å². The molecule has 7 heteroatoms. The number of hydrogen-bond donors (Lipinski definition) is 2. The first-order valence-electron chi connectivity index (χ1n) is 9.53. The largest absolute Gasteiger partial charge is 0.377 e. The topological polar surface area (TPSA) is 48.9 Å². The van der Waals surface area contributed by atoms with Crippen molar-refractivity contribution in [3.63, 3.8) is 0 Å². The number of guanidine groups is 1. The van der Waals surface area contributed by atoms with Gasteiger partial charge >= 0.3 is 0 Å². The zero-order valence-electron chi connectivity index (χ0n) is 16.6. The van der Waals surface area contributed by atoms with E-state index < -0.39 is 0 Å². The molecule has 0 unspecified atom stereocenters. The second-order valence-corrected chi connectivity index (χ2v) is 7.63. The number of rotatable bonds is 11. The average Bonchev–Trinajstić information content (AvgIpc) is 2.56. The van der Waals surface area contributed by atoms with Crippen LogP contribution in [0.2, 0.25) is 0 Å². The zero-order valence-corrected chi connectivity index (χ0v) is 19.7. The van der Waals surface area contributed by atoms with Crippen LogP contribution in [-0.2, 0) is 4.74 Å². The molecule has 1 aliphatic rings. The molecule has 0 saturated carbocycles. The first kappa shape index (κ1) is 25.3. The van der Waals surface area contributed by atoms with Crippen LogP contribution in [0.1, 0.15) is 46.5 Å². The highest BCUT2D eigenvalue weighted by Crippen LogP contribution is 2.10. The molecule has 0 spiro atoms. The summed E-state index contributed by atoms with van der Waals surface area (Å²) < 4.78 is 5.65. The van der Waals surface area contributed by atoms with E-state index in [2.05, 4.69) is 42.6 Å². The average molecular weight is 487 g/mol. The maximum Gasteiger partial charge on any atom is 0.191 e. The van der Waals surface area contributed by atoms with Gasteiger partial charge in [-0.3, -0.25) is 4.99 Å². The fourth-order valence-corrected chi connectivity index (χ4v) is 3.27. The maximum atomic E-state index is 5.65. The minimum atomic E-state index is 0. The van der Waals surface area contributed by atoms with E-state index in [4.69, 9.17) is 9.73 Å². The van der Waals surface area contributed by atoms with Crippen LogP contribution in [0.15, 0.2) is 4.99 Å². The highest BCUT2D eigenvalue weighted by molar-refractivity contribution is 14.0. The summed E-state index contributed by atoms with van der Waals surface area (Å²) in [7, 11) is 0. The predicted octanol–water partition coefficient (Wildman–Crippen LogP) is 3.19. The summed E-state index contributed by atoms with van der Waals surface area (Å²) in [4.78, 5) is 7.23. The number of piperidine rings is 1. The molecular formula is C18H39IN4OS. The Balaban J connectivity index is 0.00000576. The van der Waals surface area contributed by atoms with Gasteiger partial charge in [-0.05, 0) is 58.5 Å². The SMILES string of the molecule is CCNC(=NCCCCSC)NC1CCN(CCOC(C)C)CC1.I. The van der Waals surface area contributed by atoms with E-state index in [1.54, 1.807) is 0 Å². The molecule has 0 bridgehead atoms. The number of hydrogen-bond acceptors (Lipinski definition) is 4. The van der Waals surface area contributed by atoms with Crippen molar-refractivity contribution in [1.82, 2.24) is 15.5 Å². The van der Waals surface area contributed by atoms with E-state index in [9.17, 15) is 0 Å². The molecule has 150 valence electrons. The quantitative estimate of drug-likeness (QED) is 0.203. The lowest BCUT2D eigenvalue weighted by atomic mass is 10.1. The standard InChI is InChI=1S/C18H38N4OS.HI/c1-5-19-18(20-10-6-7-15-24-4)21-17-8-11-22(12-9-17)13-14-23-16(2)3;/h16-17H,5-15H2,1-4H3,(H2,19,20,21);1H. The molecule has 1 rings (SSSR count). The third-order valence-corrected chi connectivity index (χ3v) is 4.85. The van der Waals surface area contributed by atoms with Crippen molar-refractivity contribution in [3.05, 3.63) is 0 Å². The molecular weight excluding hydrogens is 447 g/mol. The van der Waals surface area contributed by atoms with Crippen molar-refractivity contribution in [3.8, 4) is 0 Å². The normalized spacial score (nSPS) is 16.8. The van der Waals surface area contributed by atoms with E-state index in [0.717, 1.165) is 45.3 Å². The minimum absolute atomic E-state index is 0. The van der Waals surface area contributed by atoms with Crippen molar-refractivity contribution in [1.29, 1.82) is 0 Å². The molecule has 25 heavy (non-hydrogen) atoms. The molecule has 0 aliphatic carbocycles. The van der Waals surface area contributed by atoms with Crippen LogP contribution < -0.4 is 10.6 Å². The summed E-state index contributed by atoms with van der Waals surface area (Å²) in [6.07, 6.45) is 7.28. The molecule has 1 fully saturated rings. The van der Waals surface area contributed by atoms with Crippen LogP contribution in [0.5, 0.6) is 0 Å². The van der Waals surface area contributed by atoms with Crippen molar-refractivity contribution >= 4 is 41.7 Å². The fraction of sp³-hybridized carbons (Fsp3) is 0.944. The van der Waals surface area contributed by atoms with Crippen LogP contribution in [0, 0.1) is 0 Å². The van der Waals surface area contributed by atoms with Gasteiger partial charge in [-0.2, -0.15) is 11.8 Å². The fourth-order valence-electron chi connectivity index (χ4n) is 2.78. The molecule has 0 aromatic heterocycles. The van der Waals surface area contributed by atoms with Gasteiger partial charge in [0.15, 0.2) is 5.96 Å². The van der Waals surface area contributed by atoms with Gasteiger partial charge in [-0.15, -0.1) is 24.0 Å².